The Labute approximate surface area is 105 Å². The topological polar surface area (TPSA) is 62.2 Å². The zero-order chi connectivity index (χ0) is 13.1. The Morgan fingerprint density at radius 2 is 2.00 bits per heavy atom. The van der Waals surface area contributed by atoms with E-state index in [-0.39, 0.29) is 11.7 Å². The van der Waals surface area contributed by atoms with E-state index < -0.39 is 0 Å². The number of amides is 1. The number of phenolic OH excluding ortho intramolecular Hbond substituents is 1. The van der Waals surface area contributed by atoms with E-state index in [0.29, 0.717) is 16.9 Å². The Kier molecular flexibility index (Phi) is 3.28. The van der Waals surface area contributed by atoms with Gasteiger partial charge in [-0.1, -0.05) is 6.07 Å². The smallest absolute Gasteiger partial charge is 0.257 e. The number of nitrogens with one attached hydrogen (secondary N) is 1. The highest BCUT2D eigenvalue weighted by Crippen LogP contribution is 2.17. The number of hydrogen-bond donors (Lipinski definition) is 2. The van der Waals surface area contributed by atoms with Gasteiger partial charge in [-0.3, -0.25) is 9.78 Å². The van der Waals surface area contributed by atoms with Gasteiger partial charge in [-0.25, -0.2) is 0 Å². The van der Waals surface area contributed by atoms with Crippen LogP contribution < -0.4 is 5.32 Å². The van der Waals surface area contributed by atoms with E-state index in [0.717, 1.165) is 5.69 Å². The SMILES string of the molecule is Cc1ccc(C(=O)Nc2cccc(O)c2)c(C)n1. The predicted molar refractivity (Wildman–Crippen MR) is 69.8 cm³/mol. The summed E-state index contributed by atoms with van der Waals surface area (Å²) in [5.74, 6) is -0.114. The first-order valence-electron chi connectivity index (χ1n) is 5.61. The van der Waals surface area contributed by atoms with Crippen LogP contribution in [0.4, 0.5) is 5.69 Å². The molecule has 0 fully saturated rings. The quantitative estimate of drug-likeness (QED) is 0.851. The first-order chi connectivity index (χ1) is 8.56. The van der Waals surface area contributed by atoms with E-state index in [2.05, 4.69) is 10.3 Å². The molecule has 0 radical (unpaired) electrons. The second-order valence-corrected chi connectivity index (χ2v) is 4.09. The van der Waals surface area contributed by atoms with Crippen LogP contribution in [0.5, 0.6) is 5.75 Å². The molecule has 4 nitrogen and oxygen atoms in total. The van der Waals surface area contributed by atoms with Gasteiger partial charge in [-0.15, -0.1) is 0 Å². The van der Waals surface area contributed by atoms with Gasteiger partial charge >= 0.3 is 0 Å². The van der Waals surface area contributed by atoms with E-state index in [1.54, 1.807) is 37.3 Å². The van der Waals surface area contributed by atoms with E-state index in [1.807, 2.05) is 6.92 Å². The molecule has 0 atom stereocenters. The molecule has 0 aliphatic heterocycles. The molecule has 18 heavy (non-hydrogen) atoms. The summed E-state index contributed by atoms with van der Waals surface area (Å²) in [5, 5.41) is 12.0. The maximum Gasteiger partial charge on any atom is 0.257 e. The lowest BCUT2D eigenvalue weighted by atomic mass is 10.1. The molecule has 4 heteroatoms. The zero-order valence-electron chi connectivity index (χ0n) is 10.3. The Morgan fingerprint density at radius 3 is 2.67 bits per heavy atom. The maximum atomic E-state index is 12.0. The van der Waals surface area contributed by atoms with E-state index >= 15 is 0 Å². The van der Waals surface area contributed by atoms with Crippen LogP contribution in [0.2, 0.25) is 0 Å². The normalized spacial score (nSPS) is 10.1. The summed E-state index contributed by atoms with van der Waals surface area (Å²) in [5.41, 5.74) is 2.65. The molecule has 0 saturated heterocycles. The Morgan fingerprint density at radius 1 is 1.22 bits per heavy atom. The van der Waals surface area contributed by atoms with Crippen LogP contribution >= 0.6 is 0 Å². The highest BCUT2D eigenvalue weighted by molar-refractivity contribution is 6.05. The third-order valence-corrected chi connectivity index (χ3v) is 2.57. The number of benzene rings is 1. The third-order valence-electron chi connectivity index (χ3n) is 2.57. The summed E-state index contributed by atoms with van der Waals surface area (Å²) in [6.45, 7) is 3.67. The van der Waals surface area contributed by atoms with Crippen molar-refractivity contribution >= 4 is 11.6 Å². The largest absolute Gasteiger partial charge is 0.508 e. The second kappa shape index (κ2) is 4.87. The molecule has 0 aliphatic carbocycles. The summed E-state index contributed by atoms with van der Waals surface area (Å²) in [4.78, 5) is 16.3. The van der Waals surface area contributed by atoms with Crippen LogP contribution in [-0.4, -0.2) is 16.0 Å². The number of nitrogens with zero attached hydrogens (tertiary/aromatic N) is 1. The molecule has 1 amide bonds. The molecule has 0 bridgehead atoms. The minimum absolute atomic E-state index is 0.117. The predicted octanol–water partition coefficient (Wildman–Crippen LogP) is 2.66. The summed E-state index contributed by atoms with van der Waals surface area (Å²) < 4.78 is 0. The van der Waals surface area contributed by atoms with Crippen molar-refractivity contribution in [2.75, 3.05) is 5.32 Å². The molecule has 2 rings (SSSR count). The Hall–Kier alpha value is -2.36. The fraction of sp³-hybridized carbons (Fsp3) is 0.143. The molecular weight excluding hydrogens is 228 g/mol. The van der Waals surface area contributed by atoms with Crippen molar-refractivity contribution in [3.63, 3.8) is 0 Å². The van der Waals surface area contributed by atoms with E-state index in [4.69, 9.17) is 0 Å². The van der Waals surface area contributed by atoms with E-state index in [9.17, 15) is 9.90 Å². The van der Waals surface area contributed by atoms with Crippen LogP contribution in [-0.2, 0) is 0 Å². The van der Waals surface area contributed by atoms with Gasteiger partial charge in [-0.05, 0) is 38.1 Å². The highest BCUT2D eigenvalue weighted by atomic mass is 16.3. The van der Waals surface area contributed by atoms with Crippen LogP contribution in [0.25, 0.3) is 0 Å². The average molecular weight is 242 g/mol. The number of aryl methyl sites for hydroxylation is 2. The standard InChI is InChI=1S/C14H14N2O2/c1-9-6-7-13(10(2)15-9)14(18)16-11-4-3-5-12(17)8-11/h3-8,17H,1-2H3,(H,16,18). The average Bonchev–Trinajstić information content (AvgIpc) is 2.28. The number of anilines is 1. The number of aromatic nitrogens is 1. The Bertz CT molecular complexity index is 594. The van der Waals surface area contributed by atoms with Gasteiger partial charge in [0.15, 0.2) is 0 Å². The monoisotopic (exact) mass is 242 g/mol. The van der Waals surface area contributed by atoms with E-state index in [1.165, 1.54) is 6.07 Å². The summed E-state index contributed by atoms with van der Waals surface area (Å²) >= 11 is 0. The van der Waals surface area contributed by atoms with Gasteiger partial charge < -0.3 is 10.4 Å². The molecule has 2 aromatic rings. The second-order valence-electron chi connectivity index (χ2n) is 4.09. The molecule has 1 heterocycles. The minimum Gasteiger partial charge on any atom is -0.508 e. The number of pyridine rings is 1. The maximum absolute atomic E-state index is 12.0. The van der Waals surface area contributed by atoms with Crippen molar-refractivity contribution in [3.05, 3.63) is 53.3 Å². The molecule has 92 valence electrons. The molecule has 1 aromatic carbocycles. The molecule has 0 unspecified atom stereocenters. The van der Waals surface area contributed by atoms with Crippen molar-refractivity contribution in [3.8, 4) is 5.75 Å². The van der Waals surface area contributed by atoms with Crippen LogP contribution in [0.3, 0.4) is 0 Å². The number of rotatable bonds is 2. The molecule has 2 N–H and O–H groups in total. The lowest BCUT2D eigenvalue weighted by Gasteiger charge is -2.08. The number of carbonyl (C=O) groups is 1. The number of aromatic hydroxyl groups is 1. The fourth-order valence-electron chi connectivity index (χ4n) is 1.71. The van der Waals surface area contributed by atoms with Crippen molar-refractivity contribution in [2.24, 2.45) is 0 Å². The number of carbonyl (C=O) groups excluding carboxylic acids is 1. The summed E-state index contributed by atoms with van der Waals surface area (Å²) in [6, 6.07) is 9.98. The lowest BCUT2D eigenvalue weighted by molar-refractivity contribution is 0.102. The van der Waals surface area contributed by atoms with Gasteiger partial charge in [0.2, 0.25) is 0 Å². The van der Waals surface area contributed by atoms with Crippen molar-refractivity contribution < 1.29 is 9.90 Å². The van der Waals surface area contributed by atoms with Crippen molar-refractivity contribution in [1.29, 1.82) is 0 Å². The molecule has 0 spiro atoms. The molecule has 0 saturated carbocycles. The summed E-state index contributed by atoms with van der Waals surface area (Å²) in [6.07, 6.45) is 0. The fourth-order valence-corrected chi connectivity index (χ4v) is 1.71. The lowest BCUT2D eigenvalue weighted by Crippen LogP contribution is -2.14. The molecule has 1 aromatic heterocycles. The van der Waals surface area contributed by atoms with Crippen LogP contribution in [0.1, 0.15) is 21.7 Å². The first kappa shape index (κ1) is 12.1. The molecule has 0 aliphatic rings. The van der Waals surface area contributed by atoms with Gasteiger partial charge in [0.25, 0.3) is 5.91 Å². The third kappa shape index (κ3) is 2.66. The van der Waals surface area contributed by atoms with Crippen molar-refractivity contribution in [1.82, 2.24) is 4.98 Å². The Balaban J connectivity index is 2.22. The molecular formula is C14H14N2O2. The van der Waals surface area contributed by atoms with Crippen molar-refractivity contribution in [2.45, 2.75) is 13.8 Å². The number of hydrogen-bond acceptors (Lipinski definition) is 3. The van der Waals surface area contributed by atoms with Gasteiger partial charge in [0.05, 0.1) is 11.3 Å². The minimum atomic E-state index is -0.231. The zero-order valence-corrected chi connectivity index (χ0v) is 10.3. The summed E-state index contributed by atoms with van der Waals surface area (Å²) in [7, 11) is 0. The first-order valence-corrected chi connectivity index (χ1v) is 5.61. The van der Waals surface area contributed by atoms with Gasteiger partial charge in [0, 0.05) is 17.4 Å². The van der Waals surface area contributed by atoms with Gasteiger partial charge in [-0.2, -0.15) is 0 Å². The van der Waals surface area contributed by atoms with Crippen LogP contribution in [0, 0.1) is 13.8 Å². The van der Waals surface area contributed by atoms with Crippen LogP contribution in [0.15, 0.2) is 36.4 Å². The number of phenols is 1. The van der Waals surface area contributed by atoms with Gasteiger partial charge in [0.1, 0.15) is 5.75 Å². The highest BCUT2D eigenvalue weighted by Gasteiger charge is 2.10.